The zero-order valence-electron chi connectivity index (χ0n) is 10.2. The molecule has 0 aliphatic heterocycles. The van der Waals surface area contributed by atoms with Gasteiger partial charge in [-0.2, -0.15) is 13.2 Å². The van der Waals surface area contributed by atoms with Crippen LogP contribution in [0.25, 0.3) is 0 Å². The zero-order valence-corrected chi connectivity index (χ0v) is 10.2. The number of phenolic OH excluding ortho intramolecular Hbond substituents is 1. The van der Waals surface area contributed by atoms with Crippen LogP contribution in [0.1, 0.15) is 11.6 Å². The van der Waals surface area contributed by atoms with Crippen molar-refractivity contribution in [2.45, 2.75) is 18.3 Å². The number of ether oxygens (including phenoxy) is 2. The topological polar surface area (TPSA) is 84.9 Å². The second kappa shape index (κ2) is 5.54. The summed E-state index contributed by atoms with van der Waals surface area (Å²) in [5.74, 6) is -0.555. The Morgan fingerprint density at radius 3 is 1.89 bits per heavy atom. The van der Waals surface area contributed by atoms with E-state index in [1.165, 1.54) is 14.2 Å². The monoisotopic (exact) mass is 281 g/mol. The highest BCUT2D eigenvalue weighted by Gasteiger charge is 2.43. The van der Waals surface area contributed by atoms with Crippen molar-refractivity contribution in [2.75, 3.05) is 14.2 Å². The lowest BCUT2D eigenvalue weighted by Crippen LogP contribution is -2.38. The molecule has 0 amide bonds. The number of aliphatic hydroxyl groups excluding tert-OH is 1. The molecular weight excluding hydrogens is 267 g/mol. The van der Waals surface area contributed by atoms with Crippen LogP contribution < -0.4 is 15.2 Å². The van der Waals surface area contributed by atoms with Gasteiger partial charge < -0.3 is 25.4 Å². The molecule has 1 rings (SSSR count). The molecule has 0 bridgehead atoms. The van der Waals surface area contributed by atoms with E-state index in [-0.39, 0.29) is 22.8 Å². The van der Waals surface area contributed by atoms with Crippen LogP contribution >= 0.6 is 0 Å². The lowest BCUT2D eigenvalue weighted by Gasteiger charge is -2.22. The Morgan fingerprint density at radius 1 is 1.16 bits per heavy atom. The molecule has 2 atom stereocenters. The molecule has 0 saturated carbocycles. The fourth-order valence-electron chi connectivity index (χ4n) is 1.49. The smallest absolute Gasteiger partial charge is 0.416 e. The Morgan fingerprint density at radius 2 is 1.58 bits per heavy atom. The lowest BCUT2D eigenvalue weighted by atomic mass is 10.0. The highest BCUT2D eigenvalue weighted by atomic mass is 19.4. The number of aliphatic hydroxyl groups is 1. The molecule has 1 aromatic rings. The van der Waals surface area contributed by atoms with Gasteiger partial charge in [0.2, 0.25) is 5.75 Å². The van der Waals surface area contributed by atoms with Crippen LogP contribution in [-0.2, 0) is 0 Å². The largest absolute Gasteiger partial charge is 0.502 e. The van der Waals surface area contributed by atoms with Crippen LogP contribution in [0.4, 0.5) is 13.2 Å². The first-order valence-electron chi connectivity index (χ1n) is 5.17. The average Bonchev–Trinajstić information content (AvgIpc) is 2.36. The van der Waals surface area contributed by atoms with Gasteiger partial charge in [-0.3, -0.25) is 0 Å². The molecule has 0 spiro atoms. The van der Waals surface area contributed by atoms with Crippen LogP contribution in [0.15, 0.2) is 12.1 Å². The van der Waals surface area contributed by atoms with Gasteiger partial charge in [0.1, 0.15) is 0 Å². The second-order valence-corrected chi connectivity index (χ2v) is 3.79. The number of alkyl halides is 3. The summed E-state index contributed by atoms with van der Waals surface area (Å²) in [6.07, 6.45) is -7.58. The van der Waals surface area contributed by atoms with E-state index in [0.717, 1.165) is 12.1 Å². The number of phenols is 1. The van der Waals surface area contributed by atoms with Crippen LogP contribution in [0.5, 0.6) is 17.2 Å². The molecule has 0 fully saturated rings. The summed E-state index contributed by atoms with van der Waals surface area (Å²) in [6, 6.07) is 0.498. The quantitative estimate of drug-likeness (QED) is 0.775. The first-order valence-corrected chi connectivity index (χ1v) is 5.17. The third kappa shape index (κ3) is 3.21. The van der Waals surface area contributed by atoms with E-state index in [0.29, 0.717) is 0 Å². The van der Waals surface area contributed by atoms with Crippen molar-refractivity contribution in [3.05, 3.63) is 17.7 Å². The summed E-state index contributed by atoms with van der Waals surface area (Å²) >= 11 is 0. The van der Waals surface area contributed by atoms with Crippen molar-refractivity contribution >= 4 is 0 Å². The third-order valence-corrected chi connectivity index (χ3v) is 2.56. The van der Waals surface area contributed by atoms with E-state index >= 15 is 0 Å². The van der Waals surface area contributed by atoms with Crippen molar-refractivity contribution in [2.24, 2.45) is 5.73 Å². The Hall–Kier alpha value is -1.67. The van der Waals surface area contributed by atoms with E-state index in [4.69, 9.17) is 20.3 Å². The molecule has 0 aliphatic rings. The van der Waals surface area contributed by atoms with Gasteiger partial charge in [-0.1, -0.05) is 0 Å². The van der Waals surface area contributed by atoms with E-state index in [2.05, 4.69) is 0 Å². The fourth-order valence-corrected chi connectivity index (χ4v) is 1.49. The van der Waals surface area contributed by atoms with E-state index in [1.807, 2.05) is 0 Å². The van der Waals surface area contributed by atoms with Crippen molar-refractivity contribution < 1.29 is 32.9 Å². The van der Waals surface area contributed by atoms with Gasteiger partial charge >= 0.3 is 6.18 Å². The van der Waals surface area contributed by atoms with Crippen LogP contribution in [0.3, 0.4) is 0 Å². The molecule has 19 heavy (non-hydrogen) atoms. The number of rotatable bonds is 4. The summed E-state index contributed by atoms with van der Waals surface area (Å²) in [6.45, 7) is 0. The van der Waals surface area contributed by atoms with Crippen LogP contribution in [0.2, 0.25) is 0 Å². The van der Waals surface area contributed by atoms with Gasteiger partial charge in [-0.15, -0.1) is 0 Å². The Bertz CT molecular complexity index is 425. The summed E-state index contributed by atoms with van der Waals surface area (Å²) in [7, 11) is 2.45. The van der Waals surface area contributed by atoms with Gasteiger partial charge in [0.25, 0.3) is 0 Å². The number of hydrogen-bond donors (Lipinski definition) is 3. The number of nitrogens with two attached hydrogens (primary N) is 1. The highest BCUT2D eigenvalue weighted by molar-refractivity contribution is 5.53. The summed E-state index contributed by atoms with van der Waals surface area (Å²) < 4.78 is 46.8. The molecule has 0 unspecified atom stereocenters. The summed E-state index contributed by atoms with van der Waals surface area (Å²) in [4.78, 5) is 0. The Kier molecular flexibility index (Phi) is 4.48. The minimum atomic E-state index is -4.85. The summed E-state index contributed by atoms with van der Waals surface area (Å²) in [5, 5.41) is 18.7. The van der Waals surface area contributed by atoms with Crippen molar-refractivity contribution in [1.82, 2.24) is 0 Å². The van der Waals surface area contributed by atoms with Crippen LogP contribution in [0, 0.1) is 0 Å². The third-order valence-electron chi connectivity index (χ3n) is 2.56. The van der Waals surface area contributed by atoms with Crippen LogP contribution in [-0.4, -0.2) is 36.7 Å². The maximum absolute atomic E-state index is 12.4. The number of hydrogen-bond acceptors (Lipinski definition) is 5. The maximum Gasteiger partial charge on any atom is 0.416 e. The number of methoxy groups -OCH3 is 2. The predicted molar refractivity (Wildman–Crippen MR) is 60.2 cm³/mol. The molecule has 1 aromatic carbocycles. The van der Waals surface area contributed by atoms with E-state index in [1.54, 1.807) is 0 Å². The highest BCUT2D eigenvalue weighted by Crippen LogP contribution is 2.40. The number of benzene rings is 1. The molecule has 5 nitrogen and oxygen atoms in total. The normalized spacial score (nSPS) is 14.9. The number of aromatic hydroxyl groups is 1. The Balaban J connectivity index is 3.20. The standard InChI is InChI=1S/C11H14F3NO4/c1-18-6-3-5(4-7(19-2)9(6)16)8(15)10(17)11(12,13)14/h3-4,8,10,16-17H,15H2,1-2H3/t8-,10-/m0/s1. The lowest BCUT2D eigenvalue weighted by molar-refractivity contribution is -0.210. The SMILES string of the molecule is COc1cc([C@H](N)[C@H](O)C(F)(F)F)cc(OC)c1O. The van der Waals surface area contributed by atoms with E-state index < -0.39 is 18.3 Å². The minimum Gasteiger partial charge on any atom is -0.502 e. The molecule has 0 aromatic heterocycles. The predicted octanol–water partition coefficient (Wildman–Crippen LogP) is 1.33. The molecule has 0 saturated heterocycles. The average molecular weight is 281 g/mol. The molecule has 108 valence electrons. The molecule has 0 aliphatic carbocycles. The maximum atomic E-state index is 12.4. The molecule has 8 heteroatoms. The van der Waals surface area contributed by atoms with Crippen molar-refractivity contribution in [3.63, 3.8) is 0 Å². The summed E-state index contributed by atoms with van der Waals surface area (Å²) in [5.41, 5.74) is 5.29. The fraction of sp³-hybridized carbons (Fsp3) is 0.455. The van der Waals surface area contributed by atoms with Gasteiger partial charge in [0, 0.05) is 0 Å². The molecule has 4 N–H and O–H groups in total. The van der Waals surface area contributed by atoms with Gasteiger partial charge in [0.15, 0.2) is 17.6 Å². The molecule has 0 radical (unpaired) electrons. The zero-order chi connectivity index (χ0) is 14.8. The van der Waals surface area contributed by atoms with Gasteiger partial charge in [-0.05, 0) is 17.7 Å². The Labute approximate surface area is 107 Å². The van der Waals surface area contributed by atoms with Gasteiger partial charge in [-0.25, -0.2) is 0 Å². The van der Waals surface area contributed by atoms with Gasteiger partial charge in [0.05, 0.1) is 20.3 Å². The molecular formula is C11H14F3NO4. The second-order valence-electron chi connectivity index (χ2n) is 3.79. The number of halogens is 3. The minimum absolute atomic E-state index is 0.0728. The molecule has 0 heterocycles. The first kappa shape index (κ1) is 15.4. The first-order chi connectivity index (χ1) is 8.72. The van der Waals surface area contributed by atoms with E-state index in [9.17, 15) is 18.3 Å². The van der Waals surface area contributed by atoms with Crippen molar-refractivity contribution in [1.29, 1.82) is 0 Å². The van der Waals surface area contributed by atoms with Crippen molar-refractivity contribution in [3.8, 4) is 17.2 Å².